The molecule has 1 amide bonds. The van der Waals surface area contributed by atoms with E-state index in [2.05, 4.69) is 15.6 Å². The van der Waals surface area contributed by atoms with Gasteiger partial charge >= 0.3 is 0 Å². The third kappa shape index (κ3) is 3.88. The molecule has 1 aliphatic carbocycles. The monoisotopic (exact) mass is 385 g/mol. The molecular formula is C20H20FN3O2S. The van der Waals surface area contributed by atoms with Crippen LogP contribution in [-0.2, 0) is 0 Å². The third-order valence-electron chi connectivity index (χ3n) is 4.82. The molecule has 0 saturated heterocycles. The Balaban J connectivity index is 1.45. The number of hydrogen-bond donors (Lipinski definition) is 2. The average Bonchev–Trinajstić information content (AvgIpc) is 3.28. The summed E-state index contributed by atoms with van der Waals surface area (Å²) in [6.45, 7) is 0. The van der Waals surface area contributed by atoms with Crippen LogP contribution in [0.15, 0.2) is 42.5 Å². The summed E-state index contributed by atoms with van der Waals surface area (Å²) in [6, 6.07) is 11.8. The molecular weight excluding hydrogens is 365 g/mol. The van der Waals surface area contributed by atoms with Gasteiger partial charge in [-0.25, -0.2) is 9.37 Å². The first-order chi connectivity index (χ1) is 13.1. The number of benzene rings is 2. The fourth-order valence-electron chi connectivity index (χ4n) is 3.44. The summed E-state index contributed by atoms with van der Waals surface area (Å²) >= 11 is 1.43. The Hall–Kier alpha value is -2.67. The van der Waals surface area contributed by atoms with Crippen molar-refractivity contribution in [3.05, 3.63) is 53.8 Å². The topological polar surface area (TPSA) is 63.2 Å². The normalized spacial score (nSPS) is 19.2. The highest BCUT2D eigenvalue weighted by molar-refractivity contribution is 7.22. The molecule has 7 heteroatoms. The molecule has 2 N–H and O–H groups in total. The van der Waals surface area contributed by atoms with Crippen LogP contribution in [-0.4, -0.2) is 30.1 Å². The molecule has 27 heavy (non-hydrogen) atoms. The molecule has 1 aliphatic rings. The lowest BCUT2D eigenvalue weighted by Gasteiger charge is -2.22. The van der Waals surface area contributed by atoms with Crippen molar-refractivity contribution < 1.29 is 13.9 Å². The van der Waals surface area contributed by atoms with Gasteiger partial charge in [0.15, 0.2) is 5.13 Å². The zero-order valence-electron chi connectivity index (χ0n) is 14.9. The van der Waals surface area contributed by atoms with Crippen LogP contribution < -0.4 is 15.4 Å². The highest BCUT2D eigenvalue weighted by Gasteiger charge is 2.29. The first-order valence-corrected chi connectivity index (χ1v) is 9.71. The van der Waals surface area contributed by atoms with Crippen LogP contribution in [0.25, 0.3) is 10.2 Å². The van der Waals surface area contributed by atoms with E-state index in [4.69, 9.17) is 4.74 Å². The van der Waals surface area contributed by atoms with Crippen molar-refractivity contribution in [2.45, 2.75) is 31.3 Å². The van der Waals surface area contributed by atoms with Crippen LogP contribution in [0.2, 0.25) is 0 Å². The lowest BCUT2D eigenvalue weighted by atomic mass is 10.1. The lowest BCUT2D eigenvalue weighted by molar-refractivity contribution is 0.0935. The van der Waals surface area contributed by atoms with Crippen LogP contribution in [0, 0.1) is 5.82 Å². The summed E-state index contributed by atoms with van der Waals surface area (Å²) in [6.07, 6.45) is 2.89. The van der Waals surface area contributed by atoms with Gasteiger partial charge in [-0.2, -0.15) is 0 Å². The standard InChI is InChI=1S/C20H20FN3O2S/c1-26-14-5-2-4-12(10-14)19(25)22-15-6-3-7-16(15)23-20-24-17-9-8-13(21)11-18(17)27-20/h2,4-5,8-11,15-16H,3,6-7H2,1H3,(H,22,25)(H,23,24)/t15-,16+/m1/s1. The number of carbonyl (C=O) groups excluding carboxylic acids is 1. The second-order valence-electron chi connectivity index (χ2n) is 6.62. The van der Waals surface area contributed by atoms with Crippen LogP contribution in [0.3, 0.4) is 0 Å². The lowest BCUT2D eigenvalue weighted by Crippen LogP contribution is -2.43. The smallest absolute Gasteiger partial charge is 0.251 e. The molecule has 2 atom stereocenters. The van der Waals surface area contributed by atoms with Gasteiger partial charge in [0.2, 0.25) is 0 Å². The van der Waals surface area contributed by atoms with Crippen molar-refractivity contribution in [2.75, 3.05) is 12.4 Å². The summed E-state index contributed by atoms with van der Waals surface area (Å²) in [5.41, 5.74) is 1.36. The molecule has 5 nitrogen and oxygen atoms in total. The van der Waals surface area contributed by atoms with E-state index in [0.717, 1.165) is 34.6 Å². The van der Waals surface area contributed by atoms with Gasteiger partial charge in [-0.05, 0) is 55.7 Å². The van der Waals surface area contributed by atoms with Crippen LogP contribution in [0.5, 0.6) is 5.75 Å². The Kier molecular flexibility index (Phi) is 4.94. The van der Waals surface area contributed by atoms with Crippen molar-refractivity contribution in [1.29, 1.82) is 0 Å². The van der Waals surface area contributed by atoms with Crippen LogP contribution >= 0.6 is 11.3 Å². The van der Waals surface area contributed by atoms with E-state index in [1.807, 2.05) is 6.07 Å². The summed E-state index contributed by atoms with van der Waals surface area (Å²) in [7, 11) is 1.58. The van der Waals surface area contributed by atoms with Crippen molar-refractivity contribution >= 4 is 32.6 Å². The van der Waals surface area contributed by atoms with E-state index < -0.39 is 0 Å². The van der Waals surface area contributed by atoms with Crippen molar-refractivity contribution in [3.8, 4) is 5.75 Å². The van der Waals surface area contributed by atoms with Crippen molar-refractivity contribution in [1.82, 2.24) is 10.3 Å². The highest BCUT2D eigenvalue weighted by Crippen LogP contribution is 2.30. The molecule has 0 radical (unpaired) electrons. The van der Waals surface area contributed by atoms with E-state index in [1.54, 1.807) is 31.4 Å². The predicted molar refractivity (Wildman–Crippen MR) is 105 cm³/mol. The van der Waals surface area contributed by atoms with E-state index >= 15 is 0 Å². The van der Waals surface area contributed by atoms with E-state index in [1.165, 1.54) is 23.5 Å². The number of hydrogen-bond acceptors (Lipinski definition) is 5. The summed E-state index contributed by atoms with van der Waals surface area (Å²) < 4.78 is 19.4. The number of amides is 1. The van der Waals surface area contributed by atoms with Crippen molar-refractivity contribution in [2.24, 2.45) is 0 Å². The zero-order valence-corrected chi connectivity index (χ0v) is 15.7. The van der Waals surface area contributed by atoms with Gasteiger partial charge in [0.05, 0.1) is 17.3 Å². The molecule has 1 fully saturated rings. The molecule has 0 spiro atoms. The number of aromatic nitrogens is 1. The number of anilines is 1. The molecule has 140 valence electrons. The number of nitrogens with one attached hydrogen (secondary N) is 2. The van der Waals surface area contributed by atoms with Gasteiger partial charge in [0.1, 0.15) is 11.6 Å². The Morgan fingerprint density at radius 2 is 2.07 bits per heavy atom. The van der Waals surface area contributed by atoms with Gasteiger partial charge in [-0.3, -0.25) is 4.79 Å². The minimum Gasteiger partial charge on any atom is -0.497 e. The SMILES string of the molecule is COc1cccc(C(=O)N[C@@H]2CCC[C@@H]2Nc2nc3ccc(F)cc3s2)c1. The molecule has 1 heterocycles. The van der Waals surface area contributed by atoms with Gasteiger partial charge < -0.3 is 15.4 Å². The van der Waals surface area contributed by atoms with Gasteiger partial charge in [-0.15, -0.1) is 0 Å². The fourth-order valence-corrected chi connectivity index (χ4v) is 4.39. The molecule has 3 aromatic rings. The first-order valence-electron chi connectivity index (χ1n) is 8.90. The number of nitrogens with zero attached hydrogens (tertiary/aromatic N) is 1. The molecule has 0 aliphatic heterocycles. The Morgan fingerprint density at radius 1 is 1.22 bits per heavy atom. The maximum absolute atomic E-state index is 13.4. The second-order valence-corrected chi connectivity index (χ2v) is 7.66. The number of halogens is 1. The average molecular weight is 385 g/mol. The van der Waals surface area contributed by atoms with Gasteiger partial charge in [0.25, 0.3) is 5.91 Å². The second kappa shape index (κ2) is 7.52. The summed E-state index contributed by atoms with van der Waals surface area (Å²) in [5, 5.41) is 7.30. The first kappa shape index (κ1) is 17.7. The zero-order chi connectivity index (χ0) is 18.8. The third-order valence-corrected chi connectivity index (χ3v) is 5.77. The minimum atomic E-state index is -0.262. The number of methoxy groups -OCH3 is 1. The van der Waals surface area contributed by atoms with Gasteiger partial charge in [-0.1, -0.05) is 17.4 Å². The maximum Gasteiger partial charge on any atom is 0.251 e. The largest absolute Gasteiger partial charge is 0.497 e. The number of carbonyl (C=O) groups is 1. The molecule has 0 unspecified atom stereocenters. The van der Waals surface area contributed by atoms with Crippen molar-refractivity contribution in [3.63, 3.8) is 0 Å². The van der Waals surface area contributed by atoms with Gasteiger partial charge in [0, 0.05) is 17.6 Å². The molecule has 0 bridgehead atoms. The quantitative estimate of drug-likeness (QED) is 0.691. The molecule has 4 rings (SSSR count). The van der Waals surface area contributed by atoms with E-state index in [-0.39, 0.29) is 23.8 Å². The summed E-state index contributed by atoms with van der Waals surface area (Å²) in [5.74, 6) is 0.284. The number of rotatable bonds is 5. The molecule has 1 saturated carbocycles. The van der Waals surface area contributed by atoms with Crippen LogP contribution in [0.4, 0.5) is 9.52 Å². The maximum atomic E-state index is 13.4. The number of thiazole rings is 1. The Bertz CT molecular complexity index is 975. The predicted octanol–water partition coefficient (Wildman–Crippen LogP) is 4.21. The Morgan fingerprint density at radius 3 is 2.93 bits per heavy atom. The molecule has 1 aromatic heterocycles. The summed E-state index contributed by atoms with van der Waals surface area (Å²) in [4.78, 5) is 17.1. The number of fused-ring (bicyclic) bond motifs is 1. The Labute approximate surface area is 160 Å². The highest BCUT2D eigenvalue weighted by atomic mass is 32.1. The molecule has 2 aromatic carbocycles. The van der Waals surface area contributed by atoms with Crippen LogP contribution in [0.1, 0.15) is 29.6 Å². The van der Waals surface area contributed by atoms with E-state index in [0.29, 0.717) is 11.3 Å². The fraction of sp³-hybridized carbons (Fsp3) is 0.300. The minimum absolute atomic E-state index is 0.0208. The number of ether oxygens (including phenoxy) is 1. The van der Waals surface area contributed by atoms with E-state index in [9.17, 15) is 9.18 Å².